The van der Waals surface area contributed by atoms with Crippen LogP contribution in [-0.4, -0.2) is 73.4 Å². The zero-order valence-corrected chi connectivity index (χ0v) is 37.0. The number of carbonyl (C=O) groups excluding carboxylic acids is 1. The number of rotatable bonds is 39. The maximum absolute atomic E-state index is 12.9. The fraction of sp³-hybridized carbons (Fsp3) is 0.761. The van der Waals surface area contributed by atoms with E-state index in [0.29, 0.717) is 23.9 Å². The summed E-state index contributed by atoms with van der Waals surface area (Å²) in [6.45, 7) is 4.73. The van der Waals surface area contributed by atoms with Crippen LogP contribution in [0.4, 0.5) is 0 Å². The summed E-state index contributed by atoms with van der Waals surface area (Å²) in [7, 11) is 1.59. The zero-order valence-electron chi connectivity index (χ0n) is 36.1. The Balaban J connectivity index is 4.39. The van der Waals surface area contributed by atoms with Crippen molar-refractivity contribution in [2.45, 2.75) is 187 Å². The number of hydrogen-bond donors (Lipinski definition) is 3. The van der Waals surface area contributed by atoms with Gasteiger partial charge in [-0.05, 0) is 57.8 Å². The number of allylic oxidation sites excluding steroid dienone is 10. The number of phosphoric ester groups is 1. The Morgan fingerprint density at radius 3 is 1.60 bits per heavy atom. The van der Waals surface area contributed by atoms with Crippen molar-refractivity contribution in [2.24, 2.45) is 0 Å². The van der Waals surface area contributed by atoms with Crippen molar-refractivity contribution in [1.29, 1.82) is 0 Å². The molecule has 0 rings (SSSR count). The minimum atomic E-state index is -4.32. The van der Waals surface area contributed by atoms with E-state index in [0.717, 1.165) is 89.9 Å². The Hall–Kier alpha value is -1.80. The van der Waals surface area contributed by atoms with Gasteiger partial charge in [-0.25, -0.2) is 4.57 Å². The molecule has 0 aromatic rings. The summed E-state index contributed by atoms with van der Waals surface area (Å²) in [4.78, 5) is 23.1. The summed E-state index contributed by atoms with van der Waals surface area (Å²) >= 11 is 0. The Morgan fingerprint density at radius 1 is 0.636 bits per heavy atom. The summed E-state index contributed by atoms with van der Waals surface area (Å²) in [6, 6.07) is -0.772. The van der Waals surface area contributed by atoms with Crippen LogP contribution in [0.15, 0.2) is 60.8 Å². The molecule has 3 unspecified atom stereocenters. The molecule has 0 saturated carbocycles. The van der Waals surface area contributed by atoms with Crippen LogP contribution in [0.2, 0.25) is 0 Å². The second-order valence-corrected chi connectivity index (χ2v) is 17.5. The lowest BCUT2D eigenvalue weighted by Gasteiger charge is -2.26. The molecule has 1 amide bonds. The molecule has 0 fully saturated rings. The number of likely N-dealkylation sites (N-methyl/N-ethyl adjacent to an activating group) is 1. The number of phosphoric acid groups is 1. The van der Waals surface area contributed by atoms with Gasteiger partial charge in [0.2, 0.25) is 5.91 Å². The lowest BCUT2D eigenvalue weighted by atomic mass is 10.0. The summed E-state index contributed by atoms with van der Waals surface area (Å²) in [6.07, 6.45) is 48.1. The predicted octanol–water partition coefficient (Wildman–Crippen LogP) is 12.2. The molecule has 0 bridgehead atoms. The van der Waals surface area contributed by atoms with Gasteiger partial charge in [0.05, 0.1) is 39.9 Å². The molecule has 55 heavy (non-hydrogen) atoms. The summed E-state index contributed by atoms with van der Waals surface area (Å²) < 4.78 is 23.6. The number of amides is 1. The molecule has 9 heteroatoms. The molecule has 320 valence electrons. The van der Waals surface area contributed by atoms with Gasteiger partial charge >= 0.3 is 7.82 Å². The normalized spacial score (nSPS) is 15.0. The van der Waals surface area contributed by atoms with Crippen molar-refractivity contribution in [1.82, 2.24) is 5.32 Å². The first kappa shape index (κ1) is 53.2. The van der Waals surface area contributed by atoms with Gasteiger partial charge in [0.25, 0.3) is 0 Å². The first-order valence-corrected chi connectivity index (χ1v) is 23.6. The molecule has 0 aliphatic heterocycles. The van der Waals surface area contributed by atoms with Gasteiger partial charge in [0, 0.05) is 6.42 Å². The third kappa shape index (κ3) is 40.2. The van der Waals surface area contributed by atoms with Crippen molar-refractivity contribution in [3.63, 3.8) is 0 Å². The maximum Gasteiger partial charge on any atom is 0.472 e. The van der Waals surface area contributed by atoms with Crippen LogP contribution in [0.3, 0.4) is 0 Å². The van der Waals surface area contributed by atoms with Gasteiger partial charge < -0.3 is 19.8 Å². The van der Waals surface area contributed by atoms with Crippen LogP contribution in [0, 0.1) is 0 Å². The summed E-state index contributed by atoms with van der Waals surface area (Å²) in [5.74, 6) is -0.167. The number of aliphatic hydroxyl groups is 1. The third-order valence-corrected chi connectivity index (χ3v) is 10.5. The minimum absolute atomic E-state index is 0.0675. The summed E-state index contributed by atoms with van der Waals surface area (Å²) in [5, 5.41) is 13.9. The highest BCUT2D eigenvalue weighted by atomic mass is 31.2. The van der Waals surface area contributed by atoms with Crippen molar-refractivity contribution >= 4 is 13.7 Å². The van der Waals surface area contributed by atoms with Gasteiger partial charge in [-0.1, -0.05) is 171 Å². The molecular weight excluding hydrogens is 707 g/mol. The second-order valence-electron chi connectivity index (χ2n) is 16.0. The third-order valence-electron chi connectivity index (χ3n) is 9.53. The Bertz CT molecular complexity index is 1080. The van der Waals surface area contributed by atoms with Crippen LogP contribution in [0.5, 0.6) is 0 Å². The van der Waals surface area contributed by atoms with Gasteiger partial charge in [0.15, 0.2) is 0 Å². The molecule has 0 aromatic heterocycles. The van der Waals surface area contributed by atoms with E-state index in [1.807, 2.05) is 21.1 Å². The van der Waals surface area contributed by atoms with Crippen LogP contribution in [-0.2, 0) is 18.4 Å². The Kier molecular flexibility index (Phi) is 36.5. The first-order valence-electron chi connectivity index (χ1n) is 22.2. The molecule has 0 radical (unpaired) electrons. The van der Waals surface area contributed by atoms with Gasteiger partial charge in [0.1, 0.15) is 13.2 Å². The largest absolute Gasteiger partial charge is 0.472 e. The fourth-order valence-corrected chi connectivity index (χ4v) is 6.75. The van der Waals surface area contributed by atoms with E-state index in [4.69, 9.17) is 9.05 Å². The van der Waals surface area contributed by atoms with Crippen molar-refractivity contribution < 1.29 is 32.9 Å². The fourth-order valence-electron chi connectivity index (χ4n) is 6.01. The van der Waals surface area contributed by atoms with E-state index >= 15 is 0 Å². The number of nitrogens with zero attached hydrogens (tertiary/aromatic N) is 1. The van der Waals surface area contributed by atoms with E-state index in [2.05, 4.69) is 79.9 Å². The highest BCUT2D eigenvalue weighted by molar-refractivity contribution is 7.47. The Morgan fingerprint density at radius 2 is 1.09 bits per heavy atom. The van der Waals surface area contributed by atoms with Crippen LogP contribution < -0.4 is 5.32 Å². The molecule has 3 atom stereocenters. The van der Waals surface area contributed by atoms with E-state index in [1.165, 1.54) is 57.8 Å². The molecule has 0 heterocycles. The SMILES string of the molecule is CC/C=C\C/C=C\C/C=C\C/C=C\C/C=C\CCCCCCCC(=O)NC(COP(=O)(O)OCC[N+](C)(C)C)C(O)CCCCCCCCCCCCCC. The molecule has 8 nitrogen and oxygen atoms in total. The van der Waals surface area contributed by atoms with Gasteiger partial charge in [-0.2, -0.15) is 0 Å². The molecular formula is C46H86N2O6P+. The maximum atomic E-state index is 12.9. The average Bonchev–Trinajstić information content (AvgIpc) is 3.13. The first-order chi connectivity index (χ1) is 26.5. The van der Waals surface area contributed by atoms with Crippen LogP contribution in [0.1, 0.15) is 174 Å². The average molecular weight is 794 g/mol. The monoisotopic (exact) mass is 794 g/mol. The number of hydrogen-bond acceptors (Lipinski definition) is 5. The number of nitrogens with one attached hydrogen (secondary N) is 1. The standard InChI is InChI=1S/C46H85N2O6P/c1-6-8-10-12-14-16-18-20-21-22-23-24-25-26-27-28-30-32-34-36-38-40-46(50)47-44(43-54-55(51,52)53-42-41-48(3,4)5)45(49)39-37-35-33-31-29-19-17-15-13-11-9-7-2/h8,10,14,16,20-21,23-24,26-27,44-45,49H,6-7,9,11-13,15,17-19,22,25,28-43H2,1-5H3,(H-,47,50,51,52)/p+1/b10-8-,16-14-,21-20-,24-23-,27-26-. The number of aliphatic hydroxyl groups excluding tert-OH is 1. The quantitative estimate of drug-likeness (QED) is 0.0248. The van der Waals surface area contributed by atoms with E-state index in [1.54, 1.807) is 0 Å². The smallest absolute Gasteiger partial charge is 0.391 e. The molecule has 0 aliphatic carbocycles. The summed E-state index contributed by atoms with van der Waals surface area (Å²) in [5.41, 5.74) is 0. The van der Waals surface area contributed by atoms with Gasteiger partial charge in [-0.15, -0.1) is 0 Å². The molecule has 3 N–H and O–H groups in total. The highest BCUT2D eigenvalue weighted by Gasteiger charge is 2.28. The van der Waals surface area contributed by atoms with Crippen molar-refractivity contribution in [3.05, 3.63) is 60.8 Å². The lowest BCUT2D eigenvalue weighted by molar-refractivity contribution is -0.870. The second kappa shape index (κ2) is 37.8. The number of carbonyl (C=O) groups is 1. The zero-order chi connectivity index (χ0) is 40.7. The molecule has 0 saturated heterocycles. The molecule has 0 aliphatic rings. The number of unbranched alkanes of at least 4 members (excludes halogenated alkanes) is 16. The number of quaternary nitrogens is 1. The van der Waals surface area contributed by atoms with Crippen molar-refractivity contribution in [3.8, 4) is 0 Å². The topological polar surface area (TPSA) is 105 Å². The molecule has 0 aromatic carbocycles. The van der Waals surface area contributed by atoms with Crippen LogP contribution >= 0.6 is 7.82 Å². The minimum Gasteiger partial charge on any atom is -0.391 e. The lowest BCUT2D eigenvalue weighted by Crippen LogP contribution is -2.46. The predicted molar refractivity (Wildman–Crippen MR) is 235 cm³/mol. The van der Waals surface area contributed by atoms with Gasteiger partial charge in [-0.3, -0.25) is 13.8 Å². The Labute approximate surface area is 339 Å². The van der Waals surface area contributed by atoms with E-state index in [9.17, 15) is 19.4 Å². The molecule has 0 spiro atoms. The van der Waals surface area contributed by atoms with Crippen LogP contribution in [0.25, 0.3) is 0 Å². The van der Waals surface area contributed by atoms with Crippen molar-refractivity contribution in [2.75, 3.05) is 40.9 Å². The van der Waals surface area contributed by atoms with E-state index in [-0.39, 0.29) is 19.1 Å². The van der Waals surface area contributed by atoms with E-state index < -0.39 is 20.0 Å². The highest BCUT2D eigenvalue weighted by Crippen LogP contribution is 2.43.